The maximum atomic E-state index is 14.0. The first-order valence-corrected chi connectivity index (χ1v) is 10.0. The average molecular weight is 403 g/mol. The van der Waals surface area contributed by atoms with Crippen LogP contribution in [0.15, 0.2) is 48.8 Å². The van der Waals surface area contributed by atoms with Crippen molar-refractivity contribution in [3.63, 3.8) is 0 Å². The second kappa shape index (κ2) is 6.22. The fourth-order valence-electron chi connectivity index (χ4n) is 4.73. The van der Waals surface area contributed by atoms with E-state index in [9.17, 15) is 9.18 Å². The van der Waals surface area contributed by atoms with Gasteiger partial charge in [-0.3, -0.25) is 4.98 Å². The minimum absolute atomic E-state index is 0.216. The summed E-state index contributed by atoms with van der Waals surface area (Å²) in [5, 5.41) is 9.02. The largest absolute Gasteiger partial charge is 0.450 e. The fraction of sp³-hybridized carbons (Fsp3) is 0.273. The van der Waals surface area contributed by atoms with E-state index < -0.39 is 5.60 Å². The Morgan fingerprint density at radius 3 is 2.77 bits per heavy atom. The van der Waals surface area contributed by atoms with E-state index in [1.165, 1.54) is 10.7 Å². The minimum Gasteiger partial charge on any atom is -0.450 e. The SMILES string of the molecule is O=C1OC2(CCC(c3nn4nc(-c5ccccc5F)cc4[nH]3)CC2)c2cnccc21. The molecule has 3 aromatic heterocycles. The minimum atomic E-state index is -0.568. The molecule has 4 heterocycles. The molecule has 0 saturated heterocycles. The average Bonchev–Trinajstić information content (AvgIpc) is 3.41. The van der Waals surface area contributed by atoms with Crippen molar-refractivity contribution in [2.45, 2.75) is 37.2 Å². The van der Waals surface area contributed by atoms with E-state index in [-0.39, 0.29) is 17.7 Å². The normalized spacial score (nSPS) is 23.1. The third kappa shape index (κ3) is 2.49. The van der Waals surface area contributed by atoms with Gasteiger partial charge in [0.15, 0.2) is 5.65 Å². The first-order valence-electron chi connectivity index (χ1n) is 10.0. The number of H-pyrrole nitrogens is 1. The summed E-state index contributed by atoms with van der Waals surface area (Å²) in [4.78, 5) is 19.8. The van der Waals surface area contributed by atoms with E-state index in [1.54, 1.807) is 42.7 Å². The van der Waals surface area contributed by atoms with Gasteiger partial charge in [0.1, 0.15) is 17.2 Å². The van der Waals surface area contributed by atoms with Crippen molar-refractivity contribution >= 4 is 11.6 Å². The highest BCUT2D eigenvalue weighted by Crippen LogP contribution is 2.49. The first-order chi connectivity index (χ1) is 14.6. The Labute approximate surface area is 170 Å². The van der Waals surface area contributed by atoms with Crippen molar-refractivity contribution in [1.29, 1.82) is 0 Å². The van der Waals surface area contributed by atoms with Crippen molar-refractivity contribution in [2.24, 2.45) is 0 Å². The van der Waals surface area contributed by atoms with Crippen LogP contribution in [-0.4, -0.2) is 30.8 Å². The lowest BCUT2D eigenvalue weighted by Crippen LogP contribution is -2.31. The predicted molar refractivity (Wildman–Crippen MR) is 105 cm³/mol. The summed E-state index contributed by atoms with van der Waals surface area (Å²) in [6.07, 6.45) is 6.50. The summed E-state index contributed by atoms with van der Waals surface area (Å²) in [7, 11) is 0. The molecule has 2 aliphatic rings. The van der Waals surface area contributed by atoms with Crippen molar-refractivity contribution in [2.75, 3.05) is 0 Å². The van der Waals surface area contributed by atoms with Crippen LogP contribution < -0.4 is 0 Å². The monoisotopic (exact) mass is 403 g/mol. The number of pyridine rings is 1. The molecule has 0 unspecified atom stereocenters. The fourth-order valence-corrected chi connectivity index (χ4v) is 4.73. The van der Waals surface area contributed by atoms with Crippen LogP contribution in [0.25, 0.3) is 16.9 Å². The highest BCUT2D eigenvalue weighted by atomic mass is 19.1. The molecular formula is C22H18FN5O2. The number of benzene rings is 1. The molecule has 1 saturated carbocycles. The number of nitrogens with zero attached hydrogens (tertiary/aromatic N) is 4. The molecule has 0 bridgehead atoms. The van der Waals surface area contributed by atoms with E-state index >= 15 is 0 Å². The second-order valence-electron chi connectivity index (χ2n) is 7.97. The van der Waals surface area contributed by atoms with Crippen LogP contribution >= 0.6 is 0 Å². The summed E-state index contributed by atoms with van der Waals surface area (Å²) >= 11 is 0. The lowest BCUT2D eigenvalue weighted by Gasteiger charge is -2.35. The summed E-state index contributed by atoms with van der Waals surface area (Å²) < 4.78 is 21.4. The smallest absolute Gasteiger partial charge is 0.339 e. The van der Waals surface area contributed by atoms with Gasteiger partial charge in [0.2, 0.25) is 0 Å². The number of halogens is 1. The molecule has 4 aromatic rings. The zero-order valence-corrected chi connectivity index (χ0v) is 16.0. The van der Waals surface area contributed by atoms with Crippen molar-refractivity contribution in [3.8, 4) is 11.3 Å². The highest BCUT2D eigenvalue weighted by molar-refractivity contribution is 5.94. The van der Waals surface area contributed by atoms with Crippen LogP contribution in [0.2, 0.25) is 0 Å². The molecule has 150 valence electrons. The van der Waals surface area contributed by atoms with Crippen LogP contribution in [0.1, 0.15) is 53.3 Å². The number of fused-ring (bicyclic) bond motifs is 3. The van der Waals surface area contributed by atoms with E-state index in [1.807, 2.05) is 0 Å². The Morgan fingerprint density at radius 2 is 1.97 bits per heavy atom. The van der Waals surface area contributed by atoms with Gasteiger partial charge in [-0.1, -0.05) is 12.1 Å². The number of hydrogen-bond acceptors (Lipinski definition) is 5. The summed E-state index contributed by atoms with van der Waals surface area (Å²) in [5.41, 5.74) is 2.68. The zero-order valence-electron chi connectivity index (χ0n) is 16.0. The molecule has 1 fully saturated rings. The molecular weight excluding hydrogens is 385 g/mol. The van der Waals surface area contributed by atoms with Crippen LogP contribution in [0.5, 0.6) is 0 Å². The Balaban J connectivity index is 1.24. The standard InChI is InChI=1S/C22H18FN5O2/c23-17-4-2-1-3-15(17)18-11-19-25-20(27-28(19)26-18)13-5-8-22(9-6-13)16-12-24-10-7-14(16)21(29)30-22/h1-4,7,10-13H,5-6,8-9H2,(H,25,27). The van der Waals surface area contributed by atoms with Gasteiger partial charge >= 0.3 is 5.97 Å². The van der Waals surface area contributed by atoms with Crippen LogP contribution in [0, 0.1) is 5.82 Å². The molecule has 1 spiro atoms. The Hall–Kier alpha value is -3.55. The maximum absolute atomic E-state index is 14.0. The molecule has 1 N–H and O–H groups in total. The van der Waals surface area contributed by atoms with Gasteiger partial charge in [-0.25, -0.2) is 9.18 Å². The second-order valence-corrected chi connectivity index (χ2v) is 7.97. The molecule has 1 aliphatic heterocycles. The van der Waals surface area contributed by atoms with Crippen LogP contribution in [0.4, 0.5) is 4.39 Å². The molecule has 0 amide bonds. The summed E-state index contributed by atoms with van der Waals surface area (Å²) in [5.74, 6) is 0.497. The lowest BCUT2D eigenvalue weighted by atomic mass is 9.75. The number of carbonyl (C=O) groups is 1. The van der Waals surface area contributed by atoms with Gasteiger partial charge < -0.3 is 9.72 Å². The van der Waals surface area contributed by atoms with Crippen molar-refractivity contribution < 1.29 is 13.9 Å². The Morgan fingerprint density at radius 1 is 1.13 bits per heavy atom. The molecule has 8 heteroatoms. The Bertz CT molecular complexity index is 1250. The topological polar surface area (TPSA) is 85.2 Å². The van der Waals surface area contributed by atoms with E-state index in [0.717, 1.165) is 42.7 Å². The molecule has 1 aromatic carbocycles. The van der Waals surface area contributed by atoms with Gasteiger partial charge in [-0.15, -0.1) is 14.8 Å². The molecule has 0 atom stereocenters. The van der Waals surface area contributed by atoms with E-state index in [0.29, 0.717) is 16.8 Å². The number of rotatable bonds is 2. The first kappa shape index (κ1) is 17.3. The predicted octanol–water partition coefficient (Wildman–Crippen LogP) is 3.98. The number of esters is 1. The summed E-state index contributed by atoms with van der Waals surface area (Å²) in [6.45, 7) is 0. The number of hydrogen-bond donors (Lipinski definition) is 1. The van der Waals surface area contributed by atoms with Gasteiger partial charge in [-0.2, -0.15) is 0 Å². The van der Waals surface area contributed by atoms with Gasteiger partial charge in [0.05, 0.1) is 11.3 Å². The van der Waals surface area contributed by atoms with Crippen LogP contribution in [0.3, 0.4) is 0 Å². The number of carbonyl (C=O) groups excluding carboxylic acids is 1. The number of nitrogens with one attached hydrogen (secondary N) is 1. The number of aromatic amines is 1. The van der Waals surface area contributed by atoms with Gasteiger partial charge in [0.25, 0.3) is 0 Å². The van der Waals surface area contributed by atoms with Crippen molar-refractivity contribution in [1.82, 2.24) is 24.8 Å². The third-order valence-corrected chi connectivity index (χ3v) is 6.30. The highest BCUT2D eigenvalue weighted by Gasteiger charge is 2.48. The molecule has 6 rings (SSSR count). The molecule has 7 nitrogen and oxygen atoms in total. The van der Waals surface area contributed by atoms with E-state index in [4.69, 9.17) is 4.74 Å². The number of ether oxygens (including phenoxy) is 1. The maximum Gasteiger partial charge on any atom is 0.339 e. The Kier molecular flexibility index (Phi) is 3.59. The van der Waals surface area contributed by atoms with E-state index in [2.05, 4.69) is 20.2 Å². The molecule has 0 radical (unpaired) electrons. The number of aromatic nitrogens is 5. The third-order valence-electron chi connectivity index (χ3n) is 6.30. The van der Waals surface area contributed by atoms with Crippen molar-refractivity contribution in [3.05, 3.63) is 71.6 Å². The van der Waals surface area contributed by atoms with Crippen LogP contribution in [-0.2, 0) is 10.3 Å². The summed E-state index contributed by atoms with van der Waals surface area (Å²) in [6, 6.07) is 10.1. The molecule has 30 heavy (non-hydrogen) atoms. The molecule has 1 aliphatic carbocycles. The van der Waals surface area contributed by atoms with Gasteiger partial charge in [-0.05, 0) is 43.9 Å². The zero-order chi connectivity index (χ0) is 20.3. The quantitative estimate of drug-likeness (QED) is 0.512. The van der Waals surface area contributed by atoms with Gasteiger partial charge in [0, 0.05) is 35.5 Å². The lowest BCUT2D eigenvalue weighted by molar-refractivity contribution is -0.0313.